The molecule has 0 radical (unpaired) electrons. The SMILES string of the molecule is C=CCN(C(=O)NCc1ccc(Cl)c(Cl)c1)N1CC(=O)N2[C@@H](Cc3ccc(OCC(=O)OC)cc3)C(=O)N(Cc3cccc4ccccc34)C[C@@H]21. The van der Waals surface area contributed by atoms with Crippen molar-refractivity contribution in [2.24, 2.45) is 0 Å². The lowest BCUT2D eigenvalue weighted by molar-refractivity contribution is -0.157. The van der Waals surface area contributed by atoms with Crippen molar-refractivity contribution in [3.05, 3.63) is 124 Å². The Morgan fingerprint density at radius 3 is 2.47 bits per heavy atom. The Balaban J connectivity index is 1.28. The first-order chi connectivity index (χ1) is 24.7. The molecule has 0 unspecified atom stereocenters. The lowest BCUT2D eigenvalue weighted by atomic mass is 9.99. The van der Waals surface area contributed by atoms with E-state index in [-0.39, 0.29) is 51.0 Å². The molecule has 264 valence electrons. The van der Waals surface area contributed by atoms with Gasteiger partial charge in [0.25, 0.3) is 0 Å². The molecule has 4 aromatic rings. The van der Waals surface area contributed by atoms with E-state index in [1.54, 1.807) is 63.3 Å². The van der Waals surface area contributed by atoms with Gasteiger partial charge in [0.2, 0.25) is 11.8 Å². The van der Waals surface area contributed by atoms with Crippen LogP contribution < -0.4 is 10.1 Å². The number of esters is 1. The first kappa shape index (κ1) is 35.7. The third-order valence-corrected chi connectivity index (χ3v) is 9.76. The number of carbonyl (C=O) groups excluding carboxylic acids is 4. The van der Waals surface area contributed by atoms with Crippen molar-refractivity contribution in [3.63, 3.8) is 0 Å². The number of carbonyl (C=O) groups is 4. The predicted molar refractivity (Wildman–Crippen MR) is 194 cm³/mol. The number of hydrogen-bond donors (Lipinski definition) is 1. The number of nitrogens with zero attached hydrogens (tertiary/aromatic N) is 4. The number of benzene rings is 4. The van der Waals surface area contributed by atoms with Gasteiger partial charge >= 0.3 is 12.0 Å². The molecular formula is C38H37Cl2N5O6. The van der Waals surface area contributed by atoms with Gasteiger partial charge in [-0.2, -0.15) is 5.01 Å². The van der Waals surface area contributed by atoms with Crippen molar-refractivity contribution in [1.82, 2.24) is 25.1 Å². The number of halogens is 2. The minimum absolute atomic E-state index is 0.106. The molecular weight excluding hydrogens is 693 g/mol. The van der Waals surface area contributed by atoms with E-state index in [0.29, 0.717) is 22.3 Å². The van der Waals surface area contributed by atoms with Crippen LogP contribution in [0, 0.1) is 0 Å². The number of hydrazine groups is 1. The molecule has 2 fully saturated rings. The van der Waals surface area contributed by atoms with E-state index < -0.39 is 24.2 Å². The van der Waals surface area contributed by atoms with Gasteiger partial charge in [0, 0.05) is 19.5 Å². The van der Waals surface area contributed by atoms with Gasteiger partial charge in [0.05, 0.1) is 36.8 Å². The van der Waals surface area contributed by atoms with E-state index in [2.05, 4.69) is 16.6 Å². The van der Waals surface area contributed by atoms with Crippen LogP contribution in [0.5, 0.6) is 5.75 Å². The minimum Gasteiger partial charge on any atom is -0.482 e. The summed E-state index contributed by atoms with van der Waals surface area (Å²) in [6.45, 7) is 4.31. The van der Waals surface area contributed by atoms with E-state index in [1.807, 2.05) is 42.5 Å². The summed E-state index contributed by atoms with van der Waals surface area (Å²) in [5, 5.41) is 8.97. The monoisotopic (exact) mass is 729 g/mol. The van der Waals surface area contributed by atoms with E-state index in [1.165, 1.54) is 12.1 Å². The maximum atomic E-state index is 14.4. The second kappa shape index (κ2) is 15.8. The third kappa shape index (κ3) is 7.96. The van der Waals surface area contributed by atoms with Gasteiger partial charge in [-0.3, -0.25) is 14.6 Å². The van der Waals surface area contributed by atoms with Crippen molar-refractivity contribution in [2.45, 2.75) is 31.7 Å². The van der Waals surface area contributed by atoms with Crippen LogP contribution >= 0.6 is 23.2 Å². The number of urea groups is 1. The Morgan fingerprint density at radius 2 is 1.73 bits per heavy atom. The van der Waals surface area contributed by atoms with Gasteiger partial charge in [-0.1, -0.05) is 89.9 Å². The quantitative estimate of drug-likeness (QED) is 0.153. The molecule has 0 aromatic heterocycles. The van der Waals surface area contributed by atoms with E-state index in [0.717, 1.165) is 27.5 Å². The topological polar surface area (TPSA) is 112 Å². The van der Waals surface area contributed by atoms with Crippen LogP contribution in [0.2, 0.25) is 10.0 Å². The highest BCUT2D eigenvalue weighted by atomic mass is 35.5. The van der Waals surface area contributed by atoms with Crippen molar-refractivity contribution in [2.75, 3.05) is 33.4 Å². The fourth-order valence-electron chi connectivity index (χ4n) is 6.52. The Labute approximate surface area is 305 Å². The average Bonchev–Trinajstić information content (AvgIpc) is 3.46. The number of ether oxygens (including phenoxy) is 2. The van der Waals surface area contributed by atoms with E-state index >= 15 is 0 Å². The second-order valence-electron chi connectivity index (χ2n) is 12.2. The van der Waals surface area contributed by atoms with Crippen molar-refractivity contribution >= 4 is 57.8 Å². The summed E-state index contributed by atoms with van der Waals surface area (Å²) in [7, 11) is 1.29. The third-order valence-electron chi connectivity index (χ3n) is 9.02. The average molecular weight is 731 g/mol. The number of piperazine rings is 1. The summed E-state index contributed by atoms with van der Waals surface area (Å²) in [6, 6.07) is 24.9. The Bertz CT molecular complexity index is 1950. The van der Waals surface area contributed by atoms with Crippen molar-refractivity contribution in [3.8, 4) is 5.75 Å². The maximum Gasteiger partial charge on any atom is 0.343 e. The first-order valence-electron chi connectivity index (χ1n) is 16.4. The summed E-state index contributed by atoms with van der Waals surface area (Å²) < 4.78 is 10.1. The summed E-state index contributed by atoms with van der Waals surface area (Å²) >= 11 is 12.3. The fourth-order valence-corrected chi connectivity index (χ4v) is 6.84. The van der Waals surface area contributed by atoms with Gasteiger partial charge in [-0.25, -0.2) is 9.59 Å². The Morgan fingerprint density at radius 1 is 0.980 bits per heavy atom. The molecule has 6 rings (SSSR count). The van der Waals surface area contributed by atoms with Crippen molar-refractivity contribution < 1.29 is 28.7 Å². The highest BCUT2D eigenvalue weighted by Crippen LogP contribution is 2.32. The van der Waals surface area contributed by atoms with Gasteiger partial charge in [0.15, 0.2) is 6.61 Å². The molecule has 2 atom stereocenters. The largest absolute Gasteiger partial charge is 0.482 e. The number of methoxy groups -OCH3 is 1. The van der Waals surface area contributed by atoms with Crippen LogP contribution in [0.25, 0.3) is 10.8 Å². The zero-order valence-electron chi connectivity index (χ0n) is 28.0. The number of nitrogens with one attached hydrogen (secondary N) is 1. The molecule has 2 aliphatic rings. The molecule has 2 heterocycles. The lowest BCUT2D eigenvalue weighted by Gasteiger charge is -2.46. The molecule has 0 saturated carbocycles. The normalized spacial score (nSPS) is 17.3. The summed E-state index contributed by atoms with van der Waals surface area (Å²) in [5.74, 6) is -0.507. The second-order valence-corrected chi connectivity index (χ2v) is 13.1. The molecule has 0 spiro atoms. The van der Waals surface area contributed by atoms with Crippen LogP contribution in [0.1, 0.15) is 16.7 Å². The fraction of sp³-hybridized carbons (Fsp3) is 0.263. The Hall–Kier alpha value is -5.10. The molecule has 4 aromatic carbocycles. The molecule has 13 heteroatoms. The molecule has 2 saturated heterocycles. The highest BCUT2D eigenvalue weighted by molar-refractivity contribution is 6.42. The Kier molecular flexibility index (Phi) is 11.1. The summed E-state index contributed by atoms with van der Waals surface area (Å²) in [6.07, 6.45) is 1.19. The zero-order chi connectivity index (χ0) is 36.1. The maximum absolute atomic E-state index is 14.4. The predicted octanol–water partition coefficient (Wildman–Crippen LogP) is 5.44. The standard InChI is InChI=1S/C38H37Cl2N5O6/c1-3-17-43(38(49)41-20-26-13-16-31(39)32(40)18-26)44-23-35(46)45-33(19-25-11-14-29(15-12-25)51-24-36(47)50-2)37(48)42(22-34(44)45)21-28-9-6-8-27-7-4-5-10-30(27)28/h3-16,18,33-34H,1,17,19-24H2,2H3,(H,41,49)/t33-,34+/m0/s1. The van der Waals surface area contributed by atoms with Crippen molar-refractivity contribution in [1.29, 1.82) is 0 Å². The first-order valence-corrected chi connectivity index (χ1v) is 17.1. The molecule has 2 aliphatic heterocycles. The van der Waals surface area contributed by atoms with Crippen LogP contribution in [0.4, 0.5) is 4.79 Å². The van der Waals surface area contributed by atoms with Crippen LogP contribution in [-0.4, -0.2) is 89.2 Å². The van der Waals surface area contributed by atoms with Gasteiger partial charge in [0.1, 0.15) is 18.0 Å². The molecule has 11 nitrogen and oxygen atoms in total. The number of fused-ring (bicyclic) bond motifs is 2. The van der Waals surface area contributed by atoms with Gasteiger partial charge < -0.3 is 24.6 Å². The highest BCUT2D eigenvalue weighted by Gasteiger charge is 2.52. The van der Waals surface area contributed by atoms with Gasteiger partial charge in [-0.05, 0) is 51.7 Å². The number of rotatable bonds is 12. The molecule has 1 N–H and O–H groups in total. The van der Waals surface area contributed by atoms with E-state index in [9.17, 15) is 19.2 Å². The number of amides is 4. The smallest absolute Gasteiger partial charge is 0.343 e. The molecule has 0 aliphatic carbocycles. The minimum atomic E-state index is -0.845. The molecule has 51 heavy (non-hydrogen) atoms. The van der Waals surface area contributed by atoms with Crippen LogP contribution in [0.3, 0.4) is 0 Å². The molecule has 4 amide bonds. The molecule has 0 bridgehead atoms. The zero-order valence-corrected chi connectivity index (χ0v) is 29.5. The van der Waals surface area contributed by atoms with Crippen LogP contribution in [-0.2, 0) is 38.6 Å². The van der Waals surface area contributed by atoms with Crippen LogP contribution in [0.15, 0.2) is 97.6 Å². The van der Waals surface area contributed by atoms with Gasteiger partial charge in [-0.15, -0.1) is 6.58 Å². The van der Waals surface area contributed by atoms with E-state index in [4.69, 9.17) is 27.9 Å². The lowest BCUT2D eigenvalue weighted by Crippen LogP contribution is -2.66. The number of hydrogen-bond acceptors (Lipinski definition) is 7. The summed E-state index contributed by atoms with van der Waals surface area (Å²) in [4.78, 5) is 56.9. The summed E-state index contributed by atoms with van der Waals surface area (Å²) in [5.41, 5.74) is 2.51.